The summed E-state index contributed by atoms with van der Waals surface area (Å²) in [7, 11) is 3.41. The van der Waals surface area contributed by atoms with Gasteiger partial charge < -0.3 is 4.74 Å². The Morgan fingerprint density at radius 2 is 1.88 bits per heavy atom. The van der Waals surface area contributed by atoms with Gasteiger partial charge in [-0.25, -0.2) is 9.99 Å². The average molecular weight is 325 g/mol. The molecule has 0 unspecified atom stereocenters. The van der Waals surface area contributed by atoms with Gasteiger partial charge in [-0.3, -0.25) is 15.5 Å². The van der Waals surface area contributed by atoms with Crippen LogP contribution in [0.4, 0.5) is 11.5 Å². The maximum absolute atomic E-state index is 11.5. The summed E-state index contributed by atoms with van der Waals surface area (Å²) in [6.45, 7) is 0. The molecule has 0 fully saturated rings. The maximum Gasteiger partial charge on any atom is 0.374 e. The first-order valence-electron chi connectivity index (χ1n) is 7.15. The lowest BCUT2D eigenvalue weighted by Gasteiger charge is -2.14. The average Bonchev–Trinajstić information content (AvgIpc) is 2.54. The van der Waals surface area contributed by atoms with E-state index in [1.165, 1.54) is 6.33 Å². The van der Waals surface area contributed by atoms with Crippen LogP contribution in [0.15, 0.2) is 48.8 Å². The summed E-state index contributed by atoms with van der Waals surface area (Å²) in [6.07, 6.45) is 1.22. The second-order valence-corrected chi connectivity index (χ2v) is 5.22. The summed E-state index contributed by atoms with van der Waals surface area (Å²) in [6, 6.07) is 13.1. The molecule has 0 bridgehead atoms. The Bertz CT molecular complexity index is 893. The summed E-state index contributed by atoms with van der Waals surface area (Å²) in [5.41, 5.74) is 2.46. The molecule has 1 heterocycles. The van der Waals surface area contributed by atoms with Crippen molar-refractivity contribution in [2.24, 2.45) is 0 Å². The fourth-order valence-corrected chi connectivity index (χ4v) is 2.28. The lowest BCUT2D eigenvalue weighted by atomic mass is 10.1. The number of benzene rings is 2. The van der Waals surface area contributed by atoms with E-state index in [2.05, 4.69) is 15.4 Å². The molecule has 0 aliphatic carbocycles. The van der Waals surface area contributed by atoms with Gasteiger partial charge in [0.1, 0.15) is 12.1 Å². The van der Waals surface area contributed by atoms with Gasteiger partial charge in [-0.05, 0) is 11.5 Å². The summed E-state index contributed by atoms with van der Waals surface area (Å²) in [4.78, 5) is 18.8. The van der Waals surface area contributed by atoms with Crippen LogP contribution >= 0.6 is 0 Å². The van der Waals surface area contributed by atoms with Crippen molar-refractivity contribution in [2.45, 2.75) is 0 Å². The Labute approximate surface area is 137 Å². The normalized spacial score (nSPS) is 10.8. The van der Waals surface area contributed by atoms with Crippen LogP contribution in [0.1, 0.15) is 0 Å². The van der Waals surface area contributed by atoms with Crippen molar-refractivity contribution in [3.8, 4) is 11.6 Å². The number of hydrogen-bond acceptors (Lipinski definition) is 7. The SMILES string of the molecule is CN(C)Nc1ncnc(Oc2cccc3ccccc23)c1[N+](=O)[O-]. The Morgan fingerprint density at radius 3 is 2.62 bits per heavy atom. The summed E-state index contributed by atoms with van der Waals surface area (Å²) >= 11 is 0. The number of aromatic nitrogens is 2. The molecule has 2 aromatic carbocycles. The van der Waals surface area contributed by atoms with E-state index in [1.807, 2.05) is 36.4 Å². The zero-order valence-electron chi connectivity index (χ0n) is 13.1. The summed E-state index contributed by atoms with van der Waals surface area (Å²) in [5, 5.41) is 14.8. The van der Waals surface area contributed by atoms with Crippen LogP contribution in [0.3, 0.4) is 0 Å². The number of hydrogen-bond donors (Lipinski definition) is 1. The zero-order valence-corrected chi connectivity index (χ0v) is 13.1. The Morgan fingerprint density at radius 1 is 1.12 bits per heavy atom. The third-order valence-electron chi connectivity index (χ3n) is 3.26. The molecule has 1 aromatic heterocycles. The van der Waals surface area contributed by atoms with Crippen molar-refractivity contribution in [1.82, 2.24) is 15.0 Å². The first-order chi connectivity index (χ1) is 11.6. The molecule has 0 aliphatic rings. The highest BCUT2D eigenvalue weighted by Crippen LogP contribution is 2.36. The standard InChI is InChI=1S/C16H15N5O3/c1-20(2)19-15-14(21(22)23)16(18-10-17-15)24-13-9-5-7-11-6-3-4-8-12(11)13/h3-10H,1-2H3,(H,17,18,19). The van der Waals surface area contributed by atoms with Crippen molar-refractivity contribution < 1.29 is 9.66 Å². The van der Waals surface area contributed by atoms with Crippen LogP contribution in [0.2, 0.25) is 0 Å². The van der Waals surface area contributed by atoms with E-state index >= 15 is 0 Å². The second-order valence-electron chi connectivity index (χ2n) is 5.22. The molecule has 0 radical (unpaired) electrons. The molecular weight excluding hydrogens is 310 g/mol. The van der Waals surface area contributed by atoms with Gasteiger partial charge in [0, 0.05) is 19.5 Å². The smallest absolute Gasteiger partial charge is 0.374 e. The van der Waals surface area contributed by atoms with E-state index in [4.69, 9.17) is 4.74 Å². The van der Waals surface area contributed by atoms with Crippen molar-refractivity contribution in [2.75, 3.05) is 19.5 Å². The zero-order chi connectivity index (χ0) is 17.1. The number of nitro groups is 1. The van der Waals surface area contributed by atoms with Gasteiger partial charge >= 0.3 is 11.6 Å². The minimum atomic E-state index is -0.563. The van der Waals surface area contributed by atoms with E-state index in [0.717, 1.165) is 10.8 Å². The van der Waals surface area contributed by atoms with Crippen molar-refractivity contribution in [3.63, 3.8) is 0 Å². The van der Waals surface area contributed by atoms with Gasteiger partial charge in [0.25, 0.3) is 0 Å². The van der Waals surface area contributed by atoms with Crippen LogP contribution in [0.25, 0.3) is 10.8 Å². The number of nitrogens with one attached hydrogen (secondary N) is 1. The molecule has 1 N–H and O–H groups in total. The van der Waals surface area contributed by atoms with E-state index < -0.39 is 4.92 Å². The van der Waals surface area contributed by atoms with Crippen molar-refractivity contribution in [1.29, 1.82) is 0 Å². The van der Waals surface area contributed by atoms with E-state index in [0.29, 0.717) is 5.75 Å². The van der Waals surface area contributed by atoms with Gasteiger partial charge in [-0.2, -0.15) is 4.98 Å². The number of anilines is 1. The predicted molar refractivity (Wildman–Crippen MR) is 90.0 cm³/mol. The third kappa shape index (κ3) is 3.08. The molecule has 3 rings (SSSR count). The van der Waals surface area contributed by atoms with Crippen molar-refractivity contribution >= 4 is 22.3 Å². The quantitative estimate of drug-likeness (QED) is 0.568. The summed E-state index contributed by atoms with van der Waals surface area (Å²) < 4.78 is 5.76. The minimum Gasteiger partial charge on any atom is -0.433 e. The van der Waals surface area contributed by atoms with Gasteiger partial charge in [0.2, 0.25) is 5.82 Å². The second kappa shape index (κ2) is 6.47. The molecule has 3 aromatic rings. The lowest BCUT2D eigenvalue weighted by molar-refractivity contribution is -0.385. The molecule has 0 saturated heterocycles. The highest BCUT2D eigenvalue weighted by atomic mass is 16.6. The van der Waals surface area contributed by atoms with E-state index in [9.17, 15) is 10.1 Å². The third-order valence-corrected chi connectivity index (χ3v) is 3.26. The molecule has 0 aliphatic heterocycles. The molecular formula is C16H15N5O3. The van der Waals surface area contributed by atoms with Crippen LogP contribution in [-0.2, 0) is 0 Å². The topological polar surface area (TPSA) is 93.4 Å². The number of fused-ring (bicyclic) bond motifs is 1. The summed E-state index contributed by atoms with van der Waals surface area (Å²) in [5.74, 6) is 0.441. The predicted octanol–water partition coefficient (Wildman–Crippen LogP) is 3.22. The molecule has 8 heteroatoms. The van der Waals surface area contributed by atoms with Gasteiger partial charge in [0.05, 0.1) is 4.92 Å². The molecule has 8 nitrogen and oxygen atoms in total. The maximum atomic E-state index is 11.5. The lowest BCUT2D eigenvalue weighted by Crippen LogP contribution is -2.21. The highest BCUT2D eigenvalue weighted by Gasteiger charge is 2.25. The van der Waals surface area contributed by atoms with Crippen LogP contribution in [-0.4, -0.2) is 34.0 Å². The molecule has 122 valence electrons. The highest BCUT2D eigenvalue weighted by molar-refractivity contribution is 5.88. The number of ether oxygens (including phenoxy) is 1. The molecule has 0 spiro atoms. The van der Waals surface area contributed by atoms with Gasteiger partial charge in [0.15, 0.2) is 0 Å². The molecule has 0 atom stereocenters. The first-order valence-corrected chi connectivity index (χ1v) is 7.15. The number of nitrogens with zero attached hydrogens (tertiary/aromatic N) is 4. The van der Waals surface area contributed by atoms with E-state index in [-0.39, 0.29) is 17.4 Å². The van der Waals surface area contributed by atoms with Gasteiger partial charge in [-0.1, -0.05) is 36.4 Å². The molecule has 0 saturated carbocycles. The van der Waals surface area contributed by atoms with Crippen LogP contribution in [0.5, 0.6) is 11.6 Å². The Kier molecular flexibility index (Phi) is 4.21. The van der Waals surface area contributed by atoms with Crippen molar-refractivity contribution in [3.05, 3.63) is 58.9 Å². The largest absolute Gasteiger partial charge is 0.433 e. The van der Waals surface area contributed by atoms with Crippen LogP contribution in [0, 0.1) is 10.1 Å². The fraction of sp³-hybridized carbons (Fsp3) is 0.125. The first kappa shape index (κ1) is 15.6. The van der Waals surface area contributed by atoms with E-state index in [1.54, 1.807) is 25.2 Å². The Balaban J connectivity index is 2.07. The van der Waals surface area contributed by atoms with Crippen LogP contribution < -0.4 is 10.2 Å². The molecule has 24 heavy (non-hydrogen) atoms. The Hall–Kier alpha value is -3.26. The monoisotopic (exact) mass is 325 g/mol. The van der Waals surface area contributed by atoms with Gasteiger partial charge in [-0.15, -0.1) is 0 Å². The number of rotatable bonds is 5. The minimum absolute atomic E-state index is 0.0650. The molecule has 0 amide bonds. The number of hydrazine groups is 1. The fourth-order valence-electron chi connectivity index (χ4n) is 2.28.